The van der Waals surface area contributed by atoms with Crippen LogP contribution in [0, 0.1) is 22.7 Å². The van der Waals surface area contributed by atoms with E-state index >= 15 is 0 Å². The van der Waals surface area contributed by atoms with Gasteiger partial charge >= 0.3 is 7.12 Å². The van der Waals surface area contributed by atoms with Crippen LogP contribution in [0.2, 0.25) is 0 Å². The molecule has 15 heavy (non-hydrogen) atoms. The van der Waals surface area contributed by atoms with Gasteiger partial charge in [0.1, 0.15) is 17.7 Å². The molecule has 2 N–H and O–H groups in total. The molecule has 0 bridgehead atoms. The van der Waals surface area contributed by atoms with E-state index in [0.717, 1.165) is 0 Å². The quantitative estimate of drug-likeness (QED) is 0.508. The summed E-state index contributed by atoms with van der Waals surface area (Å²) in [5.41, 5.74) is 1.03. The number of nitriles is 2. The van der Waals surface area contributed by atoms with Gasteiger partial charge < -0.3 is 10.0 Å². The average molecular weight is 198 g/mol. The summed E-state index contributed by atoms with van der Waals surface area (Å²) < 4.78 is 0. The Hall–Kier alpha value is -2.08. The van der Waals surface area contributed by atoms with Crippen LogP contribution in [0.1, 0.15) is 5.56 Å². The summed E-state index contributed by atoms with van der Waals surface area (Å²) in [4.78, 5) is 0. The highest BCUT2D eigenvalue weighted by atomic mass is 16.4. The predicted molar refractivity (Wildman–Crippen MR) is 55.5 cm³/mol. The molecule has 0 aliphatic carbocycles. The van der Waals surface area contributed by atoms with Crippen LogP contribution < -0.4 is 5.46 Å². The molecule has 0 saturated heterocycles. The zero-order chi connectivity index (χ0) is 11.3. The monoisotopic (exact) mass is 198 g/mol. The minimum atomic E-state index is -1.51. The lowest BCUT2D eigenvalue weighted by Gasteiger charge is -1.98. The van der Waals surface area contributed by atoms with Crippen LogP contribution in [-0.4, -0.2) is 17.2 Å². The highest BCUT2D eigenvalue weighted by Crippen LogP contribution is 2.04. The Labute approximate surface area is 87.5 Å². The van der Waals surface area contributed by atoms with Gasteiger partial charge in [0.15, 0.2) is 0 Å². The summed E-state index contributed by atoms with van der Waals surface area (Å²) >= 11 is 0. The van der Waals surface area contributed by atoms with Gasteiger partial charge in [-0.2, -0.15) is 10.5 Å². The second kappa shape index (κ2) is 4.97. The molecule has 0 unspecified atom stereocenters. The second-order valence-electron chi connectivity index (χ2n) is 2.82. The van der Waals surface area contributed by atoms with Crippen molar-refractivity contribution in [1.29, 1.82) is 10.5 Å². The summed E-state index contributed by atoms with van der Waals surface area (Å²) in [7, 11) is -1.51. The van der Waals surface area contributed by atoms with E-state index in [4.69, 9.17) is 20.6 Å². The Morgan fingerprint density at radius 3 is 2.07 bits per heavy atom. The Morgan fingerprint density at radius 1 is 1.13 bits per heavy atom. The van der Waals surface area contributed by atoms with E-state index in [-0.39, 0.29) is 5.57 Å². The van der Waals surface area contributed by atoms with Crippen molar-refractivity contribution >= 4 is 18.7 Å². The Morgan fingerprint density at radius 2 is 1.67 bits per heavy atom. The van der Waals surface area contributed by atoms with Gasteiger partial charge in [0, 0.05) is 0 Å². The molecule has 0 fully saturated rings. The zero-order valence-corrected chi connectivity index (χ0v) is 7.75. The molecule has 0 amide bonds. The summed E-state index contributed by atoms with van der Waals surface area (Å²) in [6, 6.07) is 9.71. The van der Waals surface area contributed by atoms with Crippen molar-refractivity contribution in [2.45, 2.75) is 0 Å². The molecule has 4 nitrogen and oxygen atoms in total. The fourth-order valence-corrected chi connectivity index (χ4v) is 1.02. The maximum atomic E-state index is 8.82. The van der Waals surface area contributed by atoms with Crippen molar-refractivity contribution < 1.29 is 10.0 Å². The molecule has 0 heterocycles. The second-order valence-corrected chi connectivity index (χ2v) is 2.82. The zero-order valence-electron chi connectivity index (χ0n) is 7.75. The third kappa shape index (κ3) is 2.96. The van der Waals surface area contributed by atoms with Gasteiger partial charge in [0.05, 0.1) is 0 Å². The fraction of sp³-hybridized carbons (Fsp3) is 0. The summed E-state index contributed by atoms with van der Waals surface area (Å²) in [6.07, 6.45) is 1.42. The van der Waals surface area contributed by atoms with Crippen molar-refractivity contribution in [3.05, 3.63) is 35.4 Å². The van der Waals surface area contributed by atoms with E-state index in [1.807, 2.05) is 0 Å². The SMILES string of the molecule is N#CC(C#N)=Cc1ccc(B(O)O)cc1. The van der Waals surface area contributed by atoms with Crippen LogP contribution in [-0.2, 0) is 0 Å². The summed E-state index contributed by atoms with van der Waals surface area (Å²) in [5.74, 6) is 0. The van der Waals surface area contributed by atoms with E-state index in [1.54, 1.807) is 24.3 Å². The largest absolute Gasteiger partial charge is 0.488 e. The van der Waals surface area contributed by atoms with E-state index in [0.29, 0.717) is 11.0 Å². The standard InChI is InChI=1S/C10H7BN2O2/c12-6-9(7-13)5-8-1-3-10(4-2-8)11(14)15/h1-5,14-15H. The topological polar surface area (TPSA) is 88.0 Å². The molecular weight excluding hydrogens is 191 g/mol. The molecule has 0 radical (unpaired) electrons. The first kappa shape index (κ1) is 11.0. The fourth-order valence-electron chi connectivity index (χ4n) is 1.02. The van der Waals surface area contributed by atoms with Crippen LogP contribution in [0.4, 0.5) is 0 Å². The Balaban J connectivity index is 2.97. The lowest BCUT2D eigenvalue weighted by Crippen LogP contribution is -2.29. The average Bonchev–Trinajstić information content (AvgIpc) is 2.26. The van der Waals surface area contributed by atoms with Gasteiger partial charge in [0.2, 0.25) is 0 Å². The number of nitrogens with zero attached hydrogens (tertiary/aromatic N) is 2. The highest BCUT2D eigenvalue weighted by Gasteiger charge is 2.09. The van der Waals surface area contributed by atoms with Crippen LogP contribution in [0.25, 0.3) is 6.08 Å². The van der Waals surface area contributed by atoms with Gasteiger partial charge in [-0.25, -0.2) is 0 Å². The van der Waals surface area contributed by atoms with Crippen LogP contribution >= 0.6 is 0 Å². The number of hydrogen-bond donors (Lipinski definition) is 2. The number of allylic oxidation sites excluding steroid dienone is 1. The minimum absolute atomic E-state index is 0.00676. The molecule has 0 atom stereocenters. The predicted octanol–water partition coefficient (Wildman–Crippen LogP) is -0.203. The van der Waals surface area contributed by atoms with Crippen molar-refractivity contribution in [3.63, 3.8) is 0 Å². The van der Waals surface area contributed by atoms with Gasteiger partial charge in [-0.3, -0.25) is 0 Å². The van der Waals surface area contributed by atoms with Crippen molar-refractivity contribution in [2.75, 3.05) is 0 Å². The van der Waals surface area contributed by atoms with Gasteiger partial charge in [-0.15, -0.1) is 0 Å². The minimum Gasteiger partial charge on any atom is -0.423 e. The van der Waals surface area contributed by atoms with E-state index in [9.17, 15) is 0 Å². The molecule has 1 aromatic rings. The third-order valence-corrected chi connectivity index (χ3v) is 1.79. The summed E-state index contributed by atoms with van der Waals surface area (Å²) in [5, 5.41) is 34.7. The van der Waals surface area contributed by atoms with Gasteiger partial charge in [-0.05, 0) is 17.1 Å². The lowest BCUT2D eigenvalue weighted by atomic mass is 9.80. The molecule has 0 aliphatic heterocycles. The Bertz CT molecular complexity index is 436. The molecule has 0 saturated carbocycles. The molecule has 5 heteroatoms. The normalized spacial score (nSPS) is 8.53. The number of hydrogen-bond acceptors (Lipinski definition) is 4. The maximum absolute atomic E-state index is 8.82. The number of rotatable bonds is 2. The van der Waals surface area contributed by atoms with Crippen molar-refractivity contribution in [3.8, 4) is 12.1 Å². The molecule has 1 aromatic carbocycles. The Kier molecular flexibility index (Phi) is 3.64. The molecule has 72 valence electrons. The smallest absolute Gasteiger partial charge is 0.423 e. The first-order valence-corrected chi connectivity index (χ1v) is 4.15. The maximum Gasteiger partial charge on any atom is 0.488 e. The first-order chi connectivity index (χ1) is 7.17. The molecule has 0 aromatic heterocycles. The van der Waals surface area contributed by atoms with Crippen molar-refractivity contribution in [1.82, 2.24) is 0 Å². The molecule has 1 rings (SSSR count). The number of benzene rings is 1. The van der Waals surface area contributed by atoms with Crippen LogP contribution in [0.5, 0.6) is 0 Å². The molecular formula is C10H7BN2O2. The van der Waals surface area contributed by atoms with Crippen LogP contribution in [0.3, 0.4) is 0 Å². The van der Waals surface area contributed by atoms with E-state index < -0.39 is 7.12 Å². The molecule has 0 spiro atoms. The van der Waals surface area contributed by atoms with E-state index in [2.05, 4.69) is 0 Å². The molecule has 0 aliphatic rings. The van der Waals surface area contributed by atoms with Gasteiger partial charge in [-0.1, -0.05) is 24.3 Å². The summed E-state index contributed by atoms with van der Waals surface area (Å²) in [6.45, 7) is 0. The van der Waals surface area contributed by atoms with Crippen molar-refractivity contribution in [2.24, 2.45) is 0 Å². The third-order valence-electron chi connectivity index (χ3n) is 1.79. The highest BCUT2D eigenvalue weighted by molar-refractivity contribution is 6.58. The van der Waals surface area contributed by atoms with Crippen LogP contribution in [0.15, 0.2) is 29.8 Å². The van der Waals surface area contributed by atoms with E-state index in [1.165, 1.54) is 18.2 Å². The van der Waals surface area contributed by atoms with Gasteiger partial charge in [0.25, 0.3) is 0 Å². The first-order valence-electron chi connectivity index (χ1n) is 4.15. The lowest BCUT2D eigenvalue weighted by molar-refractivity contribution is 0.426.